The van der Waals surface area contributed by atoms with E-state index >= 15 is 0 Å². The van der Waals surface area contributed by atoms with Crippen LogP contribution in [0.3, 0.4) is 0 Å². The lowest BCUT2D eigenvalue weighted by Gasteiger charge is -2.23. The third-order valence-corrected chi connectivity index (χ3v) is 3.55. The van der Waals surface area contributed by atoms with Gasteiger partial charge in [0.2, 0.25) is 0 Å². The summed E-state index contributed by atoms with van der Waals surface area (Å²) in [4.78, 5) is 13.7. The minimum atomic E-state index is -0.0132. The summed E-state index contributed by atoms with van der Waals surface area (Å²) in [5.74, 6) is 0.446. The van der Waals surface area contributed by atoms with E-state index in [4.69, 9.17) is 0 Å². The van der Waals surface area contributed by atoms with Crippen molar-refractivity contribution in [2.45, 2.75) is 46.7 Å². The molecular weight excluding hydrogens is 236 g/mol. The molecule has 1 atom stereocenters. The third-order valence-electron chi connectivity index (χ3n) is 3.55. The van der Waals surface area contributed by atoms with Crippen LogP contribution < -0.4 is 5.32 Å². The first-order valence-electron chi connectivity index (χ1n) is 7.03. The molecule has 0 aliphatic heterocycles. The summed E-state index contributed by atoms with van der Waals surface area (Å²) < 4.78 is 0. The summed E-state index contributed by atoms with van der Waals surface area (Å²) in [5, 5.41) is 3.01. The van der Waals surface area contributed by atoms with Crippen molar-refractivity contribution >= 4 is 6.03 Å². The van der Waals surface area contributed by atoms with Crippen molar-refractivity contribution in [1.82, 2.24) is 10.2 Å². The van der Waals surface area contributed by atoms with Gasteiger partial charge in [0.05, 0.1) is 0 Å². The highest BCUT2D eigenvalue weighted by Crippen LogP contribution is 2.08. The number of carbonyl (C=O) groups is 1. The lowest BCUT2D eigenvalue weighted by molar-refractivity contribution is 0.200. The number of urea groups is 1. The molecule has 106 valence electrons. The van der Waals surface area contributed by atoms with E-state index in [1.807, 2.05) is 14.0 Å². The SMILES string of the molecule is CCc1ccc(CN(C)C(=O)NC(C)C(C)C)cc1. The van der Waals surface area contributed by atoms with Gasteiger partial charge >= 0.3 is 6.03 Å². The zero-order valence-corrected chi connectivity index (χ0v) is 12.7. The van der Waals surface area contributed by atoms with Gasteiger partial charge in [-0.15, -0.1) is 0 Å². The van der Waals surface area contributed by atoms with Crippen LogP contribution in [0.2, 0.25) is 0 Å². The molecule has 0 saturated heterocycles. The van der Waals surface area contributed by atoms with Crippen LogP contribution in [0.1, 0.15) is 38.8 Å². The van der Waals surface area contributed by atoms with E-state index in [1.165, 1.54) is 5.56 Å². The Kier molecular flexibility index (Phi) is 5.87. The van der Waals surface area contributed by atoms with E-state index < -0.39 is 0 Å². The molecule has 19 heavy (non-hydrogen) atoms. The summed E-state index contributed by atoms with van der Waals surface area (Å²) in [6, 6.07) is 8.61. The van der Waals surface area contributed by atoms with Crippen molar-refractivity contribution in [3.05, 3.63) is 35.4 Å². The lowest BCUT2D eigenvalue weighted by atomic mass is 10.1. The van der Waals surface area contributed by atoms with E-state index in [1.54, 1.807) is 4.90 Å². The number of rotatable bonds is 5. The fourth-order valence-corrected chi connectivity index (χ4v) is 1.70. The van der Waals surface area contributed by atoms with Gasteiger partial charge in [0.1, 0.15) is 0 Å². The average Bonchev–Trinajstić information content (AvgIpc) is 2.39. The third kappa shape index (κ3) is 4.93. The molecule has 0 radical (unpaired) electrons. The van der Waals surface area contributed by atoms with E-state index in [-0.39, 0.29) is 12.1 Å². The minimum Gasteiger partial charge on any atom is -0.335 e. The number of aryl methyl sites for hydroxylation is 1. The highest BCUT2D eigenvalue weighted by molar-refractivity contribution is 5.74. The van der Waals surface area contributed by atoms with Gasteiger partial charge < -0.3 is 10.2 Å². The number of amides is 2. The van der Waals surface area contributed by atoms with Gasteiger partial charge in [0.25, 0.3) is 0 Å². The molecule has 0 aliphatic carbocycles. The molecule has 0 bridgehead atoms. The Bertz CT molecular complexity index is 398. The number of nitrogens with one attached hydrogen (secondary N) is 1. The first kappa shape index (κ1) is 15.5. The van der Waals surface area contributed by atoms with Crippen LogP contribution in [0, 0.1) is 5.92 Å². The topological polar surface area (TPSA) is 32.3 Å². The second-order valence-corrected chi connectivity index (χ2v) is 5.51. The molecular formula is C16H26N2O. The molecule has 1 rings (SSSR count). The summed E-state index contributed by atoms with van der Waals surface area (Å²) in [7, 11) is 1.83. The Labute approximate surface area is 117 Å². The molecule has 0 fully saturated rings. The van der Waals surface area contributed by atoms with Gasteiger partial charge in [0.15, 0.2) is 0 Å². The predicted molar refractivity (Wildman–Crippen MR) is 80.1 cm³/mol. The molecule has 0 aliphatic rings. The largest absolute Gasteiger partial charge is 0.335 e. The molecule has 3 nitrogen and oxygen atoms in total. The lowest BCUT2D eigenvalue weighted by Crippen LogP contribution is -2.43. The normalized spacial score (nSPS) is 12.3. The van der Waals surface area contributed by atoms with Crippen LogP contribution in [-0.4, -0.2) is 24.0 Å². The second kappa shape index (κ2) is 7.17. The zero-order chi connectivity index (χ0) is 14.4. The van der Waals surface area contributed by atoms with Crippen LogP contribution in [0.5, 0.6) is 0 Å². The number of carbonyl (C=O) groups excluding carboxylic acids is 1. The van der Waals surface area contributed by atoms with Crippen molar-refractivity contribution in [3.63, 3.8) is 0 Å². The van der Waals surface area contributed by atoms with Gasteiger partial charge in [-0.05, 0) is 30.4 Å². The Morgan fingerprint density at radius 2 is 1.68 bits per heavy atom. The van der Waals surface area contributed by atoms with Crippen LogP contribution in [-0.2, 0) is 13.0 Å². The standard InChI is InChI=1S/C16H26N2O/c1-6-14-7-9-15(10-8-14)11-18(5)16(19)17-13(4)12(2)3/h7-10,12-13H,6,11H2,1-5H3,(H,17,19). The maximum Gasteiger partial charge on any atom is 0.317 e. The van der Waals surface area contributed by atoms with Gasteiger partial charge in [-0.25, -0.2) is 4.79 Å². The highest BCUT2D eigenvalue weighted by atomic mass is 16.2. The van der Waals surface area contributed by atoms with E-state index in [2.05, 4.69) is 50.4 Å². The molecule has 3 heteroatoms. The van der Waals surface area contributed by atoms with Gasteiger partial charge in [-0.3, -0.25) is 0 Å². The Balaban J connectivity index is 2.53. The quantitative estimate of drug-likeness (QED) is 0.866. The van der Waals surface area contributed by atoms with Crippen LogP contribution in [0.4, 0.5) is 4.79 Å². The Hall–Kier alpha value is -1.51. The maximum atomic E-state index is 12.0. The smallest absolute Gasteiger partial charge is 0.317 e. The van der Waals surface area contributed by atoms with E-state index in [0.717, 1.165) is 12.0 Å². The van der Waals surface area contributed by atoms with E-state index in [9.17, 15) is 4.79 Å². The number of nitrogens with zero attached hydrogens (tertiary/aromatic N) is 1. The number of hydrogen-bond donors (Lipinski definition) is 1. The monoisotopic (exact) mass is 262 g/mol. The van der Waals surface area contributed by atoms with Crippen LogP contribution in [0.15, 0.2) is 24.3 Å². The fourth-order valence-electron chi connectivity index (χ4n) is 1.70. The van der Waals surface area contributed by atoms with Crippen molar-refractivity contribution < 1.29 is 4.79 Å². The molecule has 2 amide bonds. The van der Waals surface area contributed by atoms with Crippen molar-refractivity contribution in [2.75, 3.05) is 7.05 Å². The molecule has 0 heterocycles. The Morgan fingerprint density at radius 1 is 1.16 bits per heavy atom. The predicted octanol–water partition coefficient (Wildman–Crippen LogP) is 3.43. The Morgan fingerprint density at radius 3 is 2.16 bits per heavy atom. The number of benzene rings is 1. The van der Waals surface area contributed by atoms with Crippen molar-refractivity contribution in [1.29, 1.82) is 0 Å². The fraction of sp³-hybridized carbons (Fsp3) is 0.562. The van der Waals surface area contributed by atoms with Gasteiger partial charge in [-0.1, -0.05) is 45.0 Å². The van der Waals surface area contributed by atoms with E-state index in [0.29, 0.717) is 12.5 Å². The summed E-state index contributed by atoms with van der Waals surface area (Å²) in [5.41, 5.74) is 2.48. The van der Waals surface area contributed by atoms with Gasteiger partial charge in [0, 0.05) is 19.6 Å². The molecule has 0 aromatic heterocycles. The first-order chi connectivity index (χ1) is 8.93. The maximum absolute atomic E-state index is 12.0. The number of hydrogen-bond acceptors (Lipinski definition) is 1. The molecule has 0 spiro atoms. The van der Waals surface area contributed by atoms with Crippen molar-refractivity contribution in [2.24, 2.45) is 5.92 Å². The van der Waals surface area contributed by atoms with Crippen LogP contribution in [0.25, 0.3) is 0 Å². The first-order valence-corrected chi connectivity index (χ1v) is 7.03. The summed E-state index contributed by atoms with van der Waals surface area (Å²) in [6.07, 6.45) is 1.04. The average molecular weight is 262 g/mol. The molecule has 1 aromatic rings. The zero-order valence-electron chi connectivity index (χ0n) is 12.7. The van der Waals surface area contributed by atoms with Crippen molar-refractivity contribution in [3.8, 4) is 0 Å². The molecule has 1 aromatic carbocycles. The van der Waals surface area contributed by atoms with Crippen LogP contribution >= 0.6 is 0 Å². The molecule has 1 unspecified atom stereocenters. The summed E-state index contributed by atoms with van der Waals surface area (Å²) in [6.45, 7) is 9.03. The summed E-state index contributed by atoms with van der Waals surface area (Å²) >= 11 is 0. The molecule has 1 N–H and O–H groups in total. The van der Waals surface area contributed by atoms with Gasteiger partial charge in [-0.2, -0.15) is 0 Å². The minimum absolute atomic E-state index is 0.0132. The highest BCUT2D eigenvalue weighted by Gasteiger charge is 2.14. The molecule has 0 saturated carbocycles. The second-order valence-electron chi connectivity index (χ2n) is 5.51.